The Hall–Kier alpha value is -2.73. The van der Waals surface area contributed by atoms with Crippen molar-refractivity contribution in [2.24, 2.45) is 5.10 Å². The summed E-state index contributed by atoms with van der Waals surface area (Å²) in [6.07, 6.45) is 1.76. The smallest absolute Gasteiger partial charge is 0.216 e. The van der Waals surface area contributed by atoms with E-state index < -0.39 is 0 Å². The second-order valence-electron chi connectivity index (χ2n) is 5.02. The maximum Gasteiger partial charge on any atom is 0.216 e. The maximum absolute atomic E-state index is 5.39. The number of rotatable bonds is 4. The largest absolute Gasteiger partial charge is 0.496 e. The van der Waals surface area contributed by atoms with Gasteiger partial charge in [0.2, 0.25) is 4.77 Å². The number of hydrogen-bond acceptors (Lipinski definition) is 4. The fourth-order valence-electron chi connectivity index (χ4n) is 2.28. The molecule has 2 aromatic carbocycles. The number of aromatic nitrogens is 3. The first-order valence-electron chi connectivity index (χ1n) is 7.11. The van der Waals surface area contributed by atoms with Crippen molar-refractivity contribution in [3.8, 4) is 17.1 Å². The number of aryl methyl sites for hydroxylation is 1. The molecule has 1 N–H and O–H groups in total. The van der Waals surface area contributed by atoms with E-state index in [-0.39, 0.29) is 0 Å². The minimum absolute atomic E-state index is 0.426. The van der Waals surface area contributed by atoms with E-state index in [0.717, 1.165) is 11.1 Å². The van der Waals surface area contributed by atoms with Crippen molar-refractivity contribution in [1.82, 2.24) is 14.9 Å². The van der Waals surface area contributed by atoms with Crippen LogP contribution in [0.2, 0.25) is 0 Å². The number of nitrogens with zero attached hydrogens (tertiary/aromatic N) is 3. The van der Waals surface area contributed by atoms with Gasteiger partial charge in [-0.05, 0) is 36.8 Å². The highest BCUT2D eigenvalue weighted by Crippen LogP contribution is 2.27. The number of aromatic amines is 1. The monoisotopic (exact) mass is 324 g/mol. The zero-order valence-corrected chi connectivity index (χ0v) is 13.7. The molecule has 0 bridgehead atoms. The van der Waals surface area contributed by atoms with Gasteiger partial charge >= 0.3 is 0 Å². The molecule has 0 saturated carbocycles. The summed E-state index contributed by atoms with van der Waals surface area (Å²) in [7, 11) is 1.63. The predicted molar refractivity (Wildman–Crippen MR) is 93.6 cm³/mol. The normalized spacial score (nSPS) is 11.0. The molecule has 6 heteroatoms. The van der Waals surface area contributed by atoms with Crippen molar-refractivity contribution < 1.29 is 4.74 Å². The second-order valence-corrected chi connectivity index (χ2v) is 5.41. The van der Waals surface area contributed by atoms with Gasteiger partial charge in [0.25, 0.3) is 0 Å². The number of hydrogen-bond donors (Lipinski definition) is 1. The van der Waals surface area contributed by atoms with Gasteiger partial charge in [0.1, 0.15) is 5.75 Å². The van der Waals surface area contributed by atoms with Crippen molar-refractivity contribution in [3.05, 3.63) is 64.4 Å². The molecule has 23 heavy (non-hydrogen) atoms. The summed E-state index contributed by atoms with van der Waals surface area (Å²) in [5.74, 6) is 1.32. The van der Waals surface area contributed by atoms with Crippen LogP contribution in [0.5, 0.6) is 5.75 Å². The van der Waals surface area contributed by atoms with E-state index in [1.54, 1.807) is 18.0 Å². The molecule has 0 atom stereocenters. The number of nitrogens with one attached hydrogen (secondary N) is 1. The van der Waals surface area contributed by atoms with Crippen LogP contribution in [0.4, 0.5) is 0 Å². The summed E-state index contributed by atoms with van der Waals surface area (Å²) < 4.78 is 7.41. The minimum Gasteiger partial charge on any atom is -0.496 e. The lowest BCUT2D eigenvalue weighted by atomic mass is 10.2. The van der Waals surface area contributed by atoms with E-state index in [1.807, 2.05) is 49.4 Å². The van der Waals surface area contributed by atoms with Crippen molar-refractivity contribution in [2.75, 3.05) is 7.11 Å². The van der Waals surface area contributed by atoms with Crippen LogP contribution in [-0.4, -0.2) is 28.2 Å². The molecule has 116 valence electrons. The molecule has 0 spiro atoms. The van der Waals surface area contributed by atoms with Crippen LogP contribution in [0, 0.1) is 11.7 Å². The number of methoxy groups -OCH3 is 1. The van der Waals surface area contributed by atoms with Crippen LogP contribution in [0.15, 0.2) is 53.6 Å². The Morgan fingerprint density at radius 2 is 2.04 bits per heavy atom. The topological polar surface area (TPSA) is 55.2 Å². The van der Waals surface area contributed by atoms with E-state index in [4.69, 9.17) is 17.0 Å². The maximum atomic E-state index is 5.39. The van der Waals surface area contributed by atoms with Gasteiger partial charge in [0.15, 0.2) is 5.82 Å². The third-order valence-corrected chi connectivity index (χ3v) is 3.63. The Morgan fingerprint density at radius 3 is 2.83 bits per heavy atom. The fraction of sp³-hybridized carbons (Fsp3) is 0.118. The van der Waals surface area contributed by atoms with Crippen LogP contribution in [0.3, 0.4) is 0 Å². The van der Waals surface area contributed by atoms with Crippen LogP contribution in [0.25, 0.3) is 11.4 Å². The lowest BCUT2D eigenvalue weighted by molar-refractivity contribution is 0.416. The molecule has 0 saturated heterocycles. The highest BCUT2D eigenvalue weighted by molar-refractivity contribution is 7.71. The van der Waals surface area contributed by atoms with E-state index in [9.17, 15) is 0 Å². The molecular weight excluding hydrogens is 308 g/mol. The third kappa shape index (κ3) is 3.22. The molecule has 0 aliphatic heterocycles. The van der Waals surface area contributed by atoms with E-state index in [2.05, 4.69) is 21.4 Å². The summed E-state index contributed by atoms with van der Waals surface area (Å²) in [5, 5.41) is 11.5. The third-order valence-electron chi connectivity index (χ3n) is 3.36. The average Bonchev–Trinajstić information content (AvgIpc) is 2.93. The standard InChI is InChI=1S/C17H16N4OS/c1-12-6-5-7-13(10-12)11-18-21-16(19-20-17(21)23)14-8-3-4-9-15(14)22-2/h3-11H,1-2H3,(H,20,23). The number of H-pyrrole nitrogens is 1. The molecule has 5 nitrogen and oxygen atoms in total. The SMILES string of the molecule is COc1ccccc1-c1n[nH]c(=S)n1N=Cc1cccc(C)c1. The Kier molecular flexibility index (Phi) is 4.34. The van der Waals surface area contributed by atoms with Gasteiger partial charge in [-0.1, -0.05) is 42.0 Å². The number of ether oxygens (including phenoxy) is 1. The molecule has 0 fully saturated rings. The van der Waals surface area contributed by atoms with Crippen molar-refractivity contribution >= 4 is 18.4 Å². The molecule has 3 aromatic rings. The summed E-state index contributed by atoms with van der Waals surface area (Å²) >= 11 is 5.28. The molecule has 0 aliphatic carbocycles. The summed E-state index contributed by atoms with van der Waals surface area (Å²) in [5.41, 5.74) is 3.00. The Bertz CT molecular complexity index is 911. The van der Waals surface area contributed by atoms with Gasteiger partial charge in [-0.25, -0.2) is 5.10 Å². The van der Waals surface area contributed by atoms with Gasteiger partial charge in [-0.15, -0.1) is 0 Å². The number of para-hydroxylation sites is 1. The summed E-state index contributed by atoms with van der Waals surface area (Å²) in [6, 6.07) is 15.7. The van der Waals surface area contributed by atoms with Crippen LogP contribution >= 0.6 is 12.2 Å². The predicted octanol–water partition coefficient (Wildman–Crippen LogP) is 3.81. The second kappa shape index (κ2) is 6.58. The van der Waals surface area contributed by atoms with Crippen molar-refractivity contribution in [3.63, 3.8) is 0 Å². The molecule has 1 heterocycles. The molecule has 0 radical (unpaired) electrons. The van der Waals surface area contributed by atoms with Crippen LogP contribution < -0.4 is 4.74 Å². The van der Waals surface area contributed by atoms with E-state index >= 15 is 0 Å². The Balaban J connectivity index is 2.04. The van der Waals surface area contributed by atoms with Gasteiger partial charge < -0.3 is 4.74 Å². The lowest BCUT2D eigenvalue weighted by Gasteiger charge is -2.06. The number of benzene rings is 2. The first kappa shape index (κ1) is 15.2. The molecule has 0 unspecified atom stereocenters. The molecule has 0 aliphatic rings. The zero-order chi connectivity index (χ0) is 16.2. The Labute approximate surface area is 139 Å². The van der Waals surface area contributed by atoms with Crippen molar-refractivity contribution in [2.45, 2.75) is 6.92 Å². The van der Waals surface area contributed by atoms with Crippen LogP contribution in [-0.2, 0) is 0 Å². The molecule has 0 amide bonds. The lowest BCUT2D eigenvalue weighted by Crippen LogP contribution is -1.97. The van der Waals surface area contributed by atoms with E-state index in [1.165, 1.54) is 5.56 Å². The van der Waals surface area contributed by atoms with Gasteiger partial charge in [-0.3, -0.25) is 0 Å². The zero-order valence-electron chi connectivity index (χ0n) is 12.9. The van der Waals surface area contributed by atoms with Gasteiger partial charge in [0.05, 0.1) is 18.9 Å². The van der Waals surface area contributed by atoms with E-state index in [0.29, 0.717) is 16.3 Å². The molecular formula is C17H16N4OS. The van der Waals surface area contributed by atoms with Gasteiger partial charge in [0, 0.05) is 0 Å². The van der Waals surface area contributed by atoms with Crippen molar-refractivity contribution in [1.29, 1.82) is 0 Å². The molecule has 3 rings (SSSR count). The average molecular weight is 324 g/mol. The summed E-state index contributed by atoms with van der Waals surface area (Å²) in [6.45, 7) is 2.04. The highest BCUT2D eigenvalue weighted by Gasteiger charge is 2.12. The first-order valence-corrected chi connectivity index (χ1v) is 7.51. The minimum atomic E-state index is 0.426. The molecule has 1 aromatic heterocycles. The first-order chi connectivity index (χ1) is 11.2. The van der Waals surface area contributed by atoms with Crippen LogP contribution in [0.1, 0.15) is 11.1 Å². The fourth-order valence-corrected chi connectivity index (χ4v) is 2.46. The van der Waals surface area contributed by atoms with Gasteiger partial charge in [-0.2, -0.15) is 14.9 Å². The quantitative estimate of drug-likeness (QED) is 0.586. The Morgan fingerprint density at radius 1 is 1.22 bits per heavy atom. The summed E-state index contributed by atoms with van der Waals surface area (Å²) in [4.78, 5) is 0. The highest BCUT2D eigenvalue weighted by atomic mass is 32.1.